The molecular formula is C25H24O3S. The third-order valence-electron chi connectivity index (χ3n) is 4.44. The molecule has 0 amide bonds. The van der Waals surface area contributed by atoms with Crippen molar-refractivity contribution in [2.45, 2.75) is 30.8 Å². The van der Waals surface area contributed by atoms with Gasteiger partial charge in [-0.25, -0.2) is 4.21 Å². The van der Waals surface area contributed by atoms with E-state index in [4.69, 9.17) is 4.74 Å². The number of carbonyl (C=O) groups excluding carboxylic acids is 1. The molecule has 0 N–H and O–H groups in total. The molecule has 0 bridgehead atoms. The van der Waals surface area contributed by atoms with Gasteiger partial charge in [-0.2, -0.15) is 0 Å². The van der Waals surface area contributed by atoms with Crippen molar-refractivity contribution in [1.82, 2.24) is 0 Å². The molecule has 0 aliphatic heterocycles. The Labute approximate surface area is 174 Å². The molecule has 3 rings (SSSR count). The number of carbonyl (C=O) groups is 1. The lowest BCUT2D eigenvalue weighted by Gasteiger charge is -2.20. The van der Waals surface area contributed by atoms with Crippen LogP contribution in [-0.4, -0.2) is 16.3 Å². The number of hydrogen-bond acceptors (Lipinski definition) is 3. The fraction of sp³-hybridized carbons (Fsp3) is 0.160. The van der Waals surface area contributed by atoms with Crippen LogP contribution in [0.2, 0.25) is 0 Å². The summed E-state index contributed by atoms with van der Waals surface area (Å²) < 4.78 is 19.1. The maximum Gasteiger partial charge on any atom is 0.303 e. The van der Waals surface area contributed by atoms with Crippen molar-refractivity contribution in [3.63, 3.8) is 0 Å². The average molecular weight is 405 g/mol. The van der Waals surface area contributed by atoms with Gasteiger partial charge in [-0.15, -0.1) is 0 Å². The first kappa shape index (κ1) is 20.7. The first-order chi connectivity index (χ1) is 14.1. The molecule has 2 atom stereocenters. The van der Waals surface area contributed by atoms with E-state index in [0.29, 0.717) is 16.2 Å². The van der Waals surface area contributed by atoms with Gasteiger partial charge in [0.05, 0.1) is 15.7 Å². The van der Waals surface area contributed by atoms with Gasteiger partial charge < -0.3 is 4.74 Å². The van der Waals surface area contributed by atoms with E-state index in [9.17, 15) is 9.00 Å². The summed E-state index contributed by atoms with van der Waals surface area (Å²) in [5.41, 5.74) is 2.07. The summed E-state index contributed by atoms with van der Waals surface area (Å²) in [6, 6.07) is 29.0. The van der Waals surface area contributed by atoms with Crippen LogP contribution in [0.4, 0.5) is 0 Å². The van der Waals surface area contributed by atoms with E-state index in [1.165, 1.54) is 6.92 Å². The molecule has 0 heterocycles. The maximum absolute atomic E-state index is 13.4. The molecule has 0 aliphatic rings. The topological polar surface area (TPSA) is 43.4 Å². The number of esters is 1. The van der Waals surface area contributed by atoms with E-state index in [1.807, 2.05) is 97.1 Å². The van der Waals surface area contributed by atoms with Gasteiger partial charge in [0.25, 0.3) is 0 Å². The highest BCUT2D eigenvalue weighted by molar-refractivity contribution is 7.89. The summed E-state index contributed by atoms with van der Waals surface area (Å²) in [6.07, 6.45) is 2.58. The third-order valence-corrected chi connectivity index (χ3v) is 5.95. The molecule has 0 aromatic heterocycles. The van der Waals surface area contributed by atoms with Crippen LogP contribution >= 0.6 is 0 Å². The maximum atomic E-state index is 13.4. The minimum Gasteiger partial charge on any atom is -0.457 e. The molecule has 0 saturated carbocycles. The highest BCUT2D eigenvalue weighted by atomic mass is 32.2. The van der Waals surface area contributed by atoms with Gasteiger partial charge in [0.2, 0.25) is 0 Å². The molecule has 0 fully saturated rings. The molecule has 0 saturated heterocycles. The van der Waals surface area contributed by atoms with Crippen LogP contribution in [0.3, 0.4) is 0 Å². The second-order valence-electron chi connectivity index (χ2n) is 6.66. The zero-order valence-corrected chi connectivity index (χ0v) is 17.2. The number of rotatable bonds is 8. The smallest absolute Gasteiger partial charge is 0.303 e. The number of aryl methyl sites for hydroxylation is 1. The SMILES string of the molecule is CC(=O)OC(CCc1ccccc1)/C(=C\c1ccccc1)S(=O)c1ccccc1. The van der Waals surface area contributed by atoms with Crippen LogP contribution in [0.5, 0.6) is 0 Å². The van der Waals surface area contributed by atoms with Crippen molar-refractivity contribution in [2.24, 2.45) is 0 Å². The molecule has 3 aromatic rings. The summed E-state index contributed by atoms with van der Waals surface area (Å²) in [5, 5.41) is 0. The van der Waals surface area contributed by atoms with Crippen LogP contribution in [-0.2, 0) is 26.8 Å². The Morgan fingerprint density at radius 3 is 2.03 bits per heavy atom. The predicted octanol–water partition coefficient (Wildman–Crippen LogP) is 5.40. The van der Waals surface area contributed by atoms with Crippen LogP contribution in [0.25, 0.3) is 6.08 Å². The quantitative estimate of drug-likeness (QED) is 0.472. The molecular weight excluding hydrogens is 380 g/mol. The Morgan fingerprint density at radius 1 is 0.897 bits per heavy atom. The zero-order valence-electron chi connectivity index (χ0n) is 16.4. The lowest BCUT2D eigenvalue weighted by Crippen LogP contribution is -2.22. The van der Waals surface area contributed by atoms with Crippen molar-refractivity contribution >= 4 is 22.8 Å². The minimum absolute atomic E-state index is 0.382. The Hall–Kier alpha value is -2.98. The lowest BCUT2D eigenvalue weighted by atomic mass is 10.1. The fourth-order valence-electron chi connectivity index (χ4n) is 3.06. The number of hydrogen-bond donors (Lipinski definition) is 0. The second-order valence-corrected chi connectivity index (χ2v) is 8.14. The van der Waals surface area contributed by atoms with Gasteiger partial charge in [-0.05, 0) is 42.2 Å². The first-order valence-electron chi connectivity index (χ1n) is 9.58. The van der Waals surface area contributed by atoms with E-state index in [0.717, 1.165) is 17.5 Å². The Morgan fingerprint density at radius 2 is 1.45 bits per heavy atom. The molecule has 3 aromatic carbocycles. The number of benzene rings is 3. The van der Waals surface area contributed by atoms with Crippen LogP contribution in [0.1, 0.15) is 24.5 Å². The standard InChI is InChI=1S/C25H24O3S/c1-20(26)28-24(18-17-21-11-5-2-6-12-21)25(19-22-13-7-3-8-14-22)29(27)23-15-9-4-10-16-23/h2-16,19,24H,17-18H2,1H3/b25-19+. The average Bonchev–Trinajstić information content (AvgIpc) is 2.76. The number of ether oxygens (including phenoxy) is 1. The van der Waals surface area contributed by atoms with Crippen LogP contribution in [0.15, 0.2) is 101 Å². The largest absolute Gasteiger partial charge is 0.457 e. The molecule has 0 spiro atoms. The van der Waals surface area contributed by atoms with E-state index in [1.54, 1.807) is 0 Å². The fourth-order valence-corrected chi connectivity index (χ4v) is 4.39. The van der Waals surface area contributed by atoms with Crippen LogP contribution < -0.4 is 0 Å². The summed E-state index contributed by atoms with van der Waals surface area (Å²) in [5.74, 6) is -0.382. The molecule has 0 radical (unpaired) electrons. The van der Waals surface area contributed by atoms with Gasteiger partial charge in [0.1, 0.15) is 6.10 Å². The molecule has 2 unspecified atom stereocenters. The summed E-state index contributed by atoms with van der Waals surface area (Å²) in [4.78, 5) is 13.1. The normalized spacial score (nSPS) is 13.5. The molecule has 0 aliphatic carbocycles. The minimum atomic E-state index is -1.44. The van der Waals surface area contributed by atoms with Gasteiger partial charge >= 0.3 is 5.97 Å². The lowest BCUT2D eigenvalue weighted by molar-refractivity contribution is -0.144. The first-order valence-corrected chi connectivity index (χ1v) is 10.7. The third kappa shape index (κ3) is 6.26. The van der Waals surface area contributed by atoms with Crippen molar-refractivity contribution in [2.75, 3.05) is 0 Å². The molecule has 148 valence electrons. The van der Waals surface area contributed by atoms with E-state index >= 15 is 0 Å². The molecule has 4 heteroatoms. The second kappa shape index (κ2) is 10.5. The van der Waals surface area contributed by atoms with Crippen molar-refractivity contribution < 1.29 is 13.7 Å². The van der Waals surface area contributed by atoms with Gasteiger partial charge in [0.15, 0.2) is 0 Å². The van der Waals surface area contributed by atoms with Gasteiger partial charge in [-0.1, -0.05) is 78.9 Å². The van der Waals surface area contributed by atoms with E-state index in [2.05, 4.69) is 0 Å². The van der Waals surface area contributed by atoms with Gasteiger partial charge in [-0.3, -0.25) is 4.79 Å². The van der Waals surface area contributed by atoms with Crippen molar-refractivity contribution in [1.29, 1.82) is 0 Å². The summed E-state index contributed by atoms with van der Waals surface area (Å²) >= 11 is 0. The van der Waals surface area contributed by atoms with E-state index in [-0.39, 0.29) is 5.97 Å². The van der Waals surface area contributed by atoms with Crippen LogP contribution in [0, 0.1) is 0 Å². The molecule has 29 heavy (non-hydrogen) atoms. The summed E-state index contributed by atoms with van der Waals surface area (Å²) in [6.45, 7) is 1.39. The Bertz CT molecular complexity index is 967. The van der Waals surface area contributed by atoms with E-state index < -0.39 is 16.9 Å². The molecule has 3 nitrogen and oxygen atoms in total. The van der Waals surface area contributed by atoms with Crippen molar-refractivity contribution in [3.8, 4) is 0 Å². The Kier molecular flexibility index (Phi) is 7.54. The monoisotopic (exact) mass is 404 g/mol. The zero-order chi connectivity index (χ0) is 20.5. The van der Waals surface area contributed by atoms with Gasteiger partial charge in [0, 0.05) is 11.8 Å². The highest BCUT2D eigenvalue weighted by Gasteiger charge is 2.24. The Balaban J connectivity index is 1.96. The predicted molar refractivity (Wildman–Crippen MR) is 118 cm³/mol. The van der Waals surface area contributed by atoms with Crippen molar-refractivity contribution in [3.05, 3.63) is 107 Å². The summed E-state index contributed by atoms with van der Waals surface area (Å²) in [7, 11) is -1.44. The highest BCUT2D eigenvalue weighted by Crippen LogP contribution is 2.25.